The second-order valence-electron chi connectivity index (χ2n) is 6.27. The van der Waals surface area contributed by atoms with Crippen LogP contribution in [-0.2, 0) is 0 Å². The second kappa shape index (κ2) is 6.10. The molecule has 0 radical (unpaired) electrons. The van der Waals surface area contributed by atoms with Crippen LogP contribution in [-0.4, -0.2) is 25.4 Å². The highest BCUT2D eigenvalue weighted by Gasteiger charge is 2.23. The number of aromatic hydroxyl groups is 1. The summed E-state index contributed by atoms with van der Waals surface area (Å²) in [6.45, 7) is 3.73. The van der Waals surface area contributed by atoms with Gasteiger partial charge in [-0.25, -0.2) is 9.97 Å². The summed E-state index contributed by atoms with van der Waals surface area (Å²) in [6, 6.07) is 3.44. The molecule has 0 saturated carbocycles. The number of benzene rings is 1. The minimum Gasteiger partial charge on any atom is -0.508 e. The van der Waals surface area contributed by atoms with E-state index in [1.54, 1.807) is 35.9 Å². The fourth-order valence-electron chi connectivity index (χ4n) is 3.33. The van der Waals surface area contributed by atoms with E-state index in [9.17, 15) is 9.90 Å². The summed E-state index contributed by atoms with van der Waals surface area (Å²) >= 11 is 1.46. The third-order valence-corrected chi connectivity index (χ3v) is 5.45. The first kappa shape index (κ1) is 17.0. The number of fused-ring (bicyclic) bond motifs is 1. The highest BCUT2D eigenvalue weighted by Crippen LogP contribution is 2.39. The van der Waals surface area contributed by atoms with Gasteiger partial charge < -0.3 is 16.6 Å². The molecule has 5 N–H and O–H groups in total. The number of anilines is 1. The topological polar surface area (TPSA) is 120 Å². The van der Waals surface area contributed by atoms with E-state index in [1.807, 2.05) is 18.5 Å². The molecule has 0 aliphatic carbocycles. The van der Waals surface area contributed by atoms with E-state index in [-0.39, 0.29) is 17.0 Å². The van der Waals surface area contributed by atoms with Crippen molar-refractivity contribution in [3.63, 3.8) is 0 Å². The van der Waals surface area contributed by atoms with Crippen LogP contribution in [0.1, 0.15) is 21.5 Å². The lowest BCUT2D eigenvalue weighted by Crippen LogP contribution is -2.16. The monoisotopic (exact) mass is 379 g/mol. The van der Waals surface area contributed by atoms with Gasteiger partial charge in [-0.05, 0) is 36.6 Å². The molecule has 0 aliphatic heterocycles. The summed E-state index contributed by atoms with van der Waals surface area (Å²) in [5.41, 5.74) is 16.4. The van der Waals surface area contributed by atoms with Crippen LogP contribution in [0.5, 0.6) is 5.75 Å². The van der Waals surface area contributed by atoms with Crippen LogP contribution in [0.15, 0.2) is 36.1 Å². The number of pyridine rings is 1. The zero-order chi connectivity index (χ0) is 19.3. The Bertz CT molecular complexity index is 1200. The van der Waals surface area contributed by atoms with Gasteiger partial charge in [0, 0.05) is 23.3 Å². The van der Waals surface area contributed by atoms with E-state index < -0.39 is 5.91 Å². The summed E-state index contributed by atoms with van der Waals surface area (Å²) in [4.78, 5) is 20.9. The Morgan fingerprint density at radius 1 is 1.26 bits per heavy atom. The van der Waals surface area contributed by atoms with Gasteiger partial charge in [0.2, 0.25) is 0 Å². The Labute approximate surface area is 158 Å². The maximum Gasteiger partial charge on any atom is 0.254 e. The van der Waals surface area contributed by atoms with E-state index in [0.29, 0.717) is 16.8 Å². The van der Waals surface area contributed by atoms with Crippen LogP contribution in [0.2, 0.25) is 0 Å². The van der Waals surface area contributed by atoms with E-state index >= 15 is 0 Å². The van der Waals surface area contributed by atoms with Crippen LogP contribution < -0.4 is 11.5 Å². The Morgan fingerprint density at radius 3 is 2.70 bits per heavy atom. The quantitative estimate of drug-likeness (QED) is 0.505. The fourth-order valence-corrected chi connectivity index (χ4v) is 3.98. The molecule has 0 bridgehead atoms. The van der Waals surface area contributed by atoms with Gasteiger partial charge in [0.1, 0.15) is 22.0 Å². The Kier molecular flexibility index (Phi) is 3.85. The van der Waals surface area contributed by atoms with E-state index in [4.69, 9.17) is 11.5 Å². The van der Waals surface area contributed by atoms with E-state index in [1.165, 1.54) is 11.3 Å². The van der Waals surface area contributed by atoms with Crippen molar-refractivity contribution in [1.82, 2.24) is 14.4 Å². The summed E-state index contributed by atoms with van der Waals surface area (Å²) in [6.07, 6.45) is 5.16. The number of nitrogens with two attached hydrogens (primary N) is 2. The summed E-state index contributed by atoms with van der Waals surface area (Å²) < 4.78 is 1.77. The Morgan fingerprint density at radius 2 is 2.04 bits per heavy atom. The molecule has 3 heterocycles. The molecule has 1 aromatic carbocycles. The van der Waals surface area contributed by atoms with Crippen molar-refractivity contribution in [3.05, 3.63) is 52.8 Å². The number of aryl methyl sites for hydroxylation is 1. The van der Waals surface area contributed by atoms with Gasteiger partial charge in [-0.2, -0.15) is 0 Å². The molecule has 27 heavy (non-hydrogen) atoms. The number of hydrogen-bond acceptors (Lipinski definition) is 6. The molecular weight excluding hydrogens is 362 g/mol. The van der Waals surface area contributed by atoms with Crippen LogP contribution >= 0.6 is 11.3 Å². The first-order chi connectivity index (χ1) is 12.9. The van der Waals surface area contributed by atoms with Crippen molar-refractivity contribution in [3.8, 4) is 27.6 Å². The van der Waals surface area contributed by atoms with Crippen molar-refractivity contribution in [2.24, 2.45) is 5.73 Å². The smallest absolute Gasteiger partial charge is 0.254 e. The van der Waals surface area contributed by atoms with Gasteiger partial charge >= 0.3 is 0 Å². The number of rotatable bonds is 3. The zero-order valence-electron chi connectivity index (χ0n) is 14.7. The number of primary amides is 1. The highest BCUT2D eigenvalue weighted by atomic mass is 32.1. The number of phenols is 1. The second-order valence-corrected chi connectivity index (χ2v) is 7.17. The van der Waals surface area contributed by atoms with Crippen LogP contribution in [0.4, 0.5) is 5.69 Å². The van der Waals surface area contributed by atoms with Gasteiger partial charge in [-0.3, -0.25) is 9.20 Å². The van der Waals surface area contributed by atoms with Gasteiger partial charge in [-0.15, -0.1) is 11.3 Å². The lowest BCUT2D eigenvalue weighted by atomic mass is 9.93. The normalized spacial score (nSPS) is 11.2. The molecule has 0 aliphatic rings. The number of thiazole rings is 1. The molecule has 0 fully saturated rings. The van der Waals surface area contributed by atoms with Gasteiger partial charge in [-0.1, -0.05) is 6.07 Å². The molecule has 1 amide bonds. The summed E-state index contributed by atoms with van der Waals surface area (Å²) in [5, 5.41) is 12.8. The molecule has 4 rings (SSSR count). The minimum absolute atomic E-state index is 0.150. The van der Waals surface area contributed by atoms with Crippen molar-refractivity contribution in [2.75, 3.05) is 5.73 Å². The molecule has 8 heteroatoms. The zero-order valence-corrected chi connectivity index (χ0v) is 15.5. The number of phenolic OH excluding ortho intramolecular Hbond substituents is 1. The molecule has 0 atom stereocenters. The predicted octanol–water partition coefficient (Wildman–Crippen LogP) is 3.13. The molecule has 0 saturated heterocycles. The average Bonchev–Trinajstić information content (AvgIpc) is 3.27. The van der Waals surface area contributed by atoms with Crippen molar-refractivity contribution < 1.29 is 9.90 Å². The fraction of sp³-hybridized carbons (Fsp3) is 0.105. The van der Waals surface area contributed by atoms with Crippen molar-refractivity contribution in [2.45, 2.75) is 13.8 Å². The maximum absolute atomic E-state index is 12.2. The lowest BCUT2D eigenvalue weighted by molar-refractivity contribution is 0.100. The van der Waals surface area contributed by atoms with Gasteiger partial charge in [0.25, 0.3) is 5.91 Å². The first-order valence-corrected chi connectivity index (χ1v) is 9.06. The molecule has 4 aromatic rings. The van der Waals surface area contributed by atoms with Gasteiger partial charge in [0.05, 0.1) is 11.9 Å². The largest absolute Gasteiger partial charge is 0.508 e. The SMILES string of the molecule is Cc1ccc(O)c(C)c1-c1cn2c(-c3nccs3)cnc2c(C(N)=O)c1N. The van der Waals surface area contributed by atoms with E-state index in [0.717, 1.165) is 21.8 Å². The maximum atomic E-state index is 12.2. The van der Waals surface area contributed by atoms with Crippen LogP contribution in [0, 0.1) is 13.8 Å². The highest BCUT2D eigenvalue weighted by molar-refractivity contribution is 7.13. The summed E-state index contributed by atoms with van der Waals surface area (Å²) in [7, 11) is 0. The molecule has 136 valence electrons. The van der Waals surface area contributed by atoms with Crippen LogP contribution in [0.25, 0.3) is 27.5 Å². The Hall–Kier alpha value is -3.39. The number of aromatic nitrogens is 3. The molecule has 0 unspecified atom stereocenters. The number of imidazole rings is 1. The third-order valence-electron chi connectivity index (χ3n) is 4.65. The lowest BCUT2D eigenvalue weighted by Gasteiger charge is -2.17. The van der Waals surface area contributed by atoms with Crippen LogP contribution in [0.3, 0.4) is 0 Å². The van der Waals surface area contributed by atoms with Crippen molar-refractivity contribution in [1.29, 1.82) is 0 Å². The van der Waals surface area contributed by atoms with Crippen molar-refractivity contribution >= 4 is 28.6 Å². The number of carbonyl (C=O) groups excluding carboxylic acids is 1. The Balaban J connectivity index is 2.14. The van der Waals surface area contributed by atoms with E-state index in [2.05, 4.69) is 9.97 Å². The number of nitrogens with zero attached hydrogens (tertiary/aromatic N) is 3. The number of nitrogen functional groups attached to an aromatic ring is 1. The number of amides is 1. The molecule has 3 aromatic heterocycles. The number of carbonyl (C=O) groups is 1. The molecule has 7 nitrogen and oxygen atoms in total. The predicted molar refractivity (Wildman–Crippen MR) is 106 cm³/mol. The minimum atomic E-state index is -0.661. The molecular formula is C19H17N5O2S. The number of hydrogen-bond donors (Lipinski definition) is 3. The standard InChI is InChI=1S/C19H17N5O2S/c1-9-3-4-13(25)10(2)14(9)11-8-24-12(19-22-5-6-27-19)7-23-18(24)15(16(11)20)17(21)26/h3-8,25H,20H2,1-2H3,(H2,21,26). The van der Waals surface area contributed by atoms with Gasteiger partial charge in [0.15, 0.2) is 5.65 Å². The molecule has 0 spiro atoms. The summed E-state index contributed by atoms with van der Waals surface area (Å²) in [5.74, 6) is -0.507. The average molecular weight is 379 g/mol. The first-order valence-electron chi connectivity index (χ1n) is 8.19. The third kappa shape index (κ3) is 2.53.